The maximum absolute atomic E-state index is 12.4. The largest absolute Gasteiger partial charge is 0.508 e. The summed E-state index contributed by atoms with van der Waals surface area (Å²) in [6.45, 7) is 0. The monoisotopic (exact) mass is 348 g/mol. The fourth-order valence-electron chi connectivity index (χ4n) is 2.36. The average molecular weight is 349 g/mol. The lowest BCUT2D eigenvalue weighted by Gasteiger charge is -2.10. The van der Waals surface area contributed by atoms with Crippen molar-refractivity contribution in [2.75, 3.05) is 14.2 Å². The SMILES string of the molecule is COC(=O)c1cccc(O)c1CCC(=O)c1ccc(OC)cc1Cl. The first-order valence-electron chi connectivity index (χ1n) is 7.23. The number of ether oxygens (including phenoxy) is 2. The predicted octanol–water partition coefficient (Wildman–Crippen LogP) is 3.66. The van der Waals surface area contributed by atoms with E-state index in [0.29, 0.717) is 21.9 Å². The maximum Gasteiger partial charge on any atom is 0.338 e. The van der Waals surface area contributed by atoms with Crippen LogP contribution in [0.1, 0.15) is 32.7 Å². The molecule has 2 aromatic rings. The summed E-state index contributed by atoms with van der Waals surface area (Å²) in [5.74, 6) is -0.241. The van der Waals surface area contributed by atoms with E-state index >= 15 is 0 Å². The summed E-state index contributed by atoms with van der Waals surface area (Å²) >= 11 is 6.10. The molecular formula is C18H17ClO5. The zero-order valence-electron chi connectivity index (χ0n) is 13.3. The first-order chi connectivity index (χ1) is 11.5. The van der Waals surface area contributed by atoms with Crippen LogP contribution < -0.4 is 4.74 Å². The molecule has 0 saturated heterocycles. The van der Waals surface area contributed by atoms with E-state index in [4.69, 9.17) is 21.1 Å². The van der Waals surface area contributed by atoms with Crippen LogP contribution >= 0.6 is 11.6 Å². The molecule has 2 aromatic carbocycles. The minimum absolute atomic E-state index is 0.0495. The van der Waals surface area contributed by atoms with Crippen LogP contribution in [0.4, 0.5) is 0 Å². The van der Waals surface area contributed by atoms with Gasteiger partial charge in [-0.2, -0.15) is 0 Å². The van der Waals surface area contributed by atoms with Gasteiger partial charge in [-0.3, -0.25) is 4.79 Å². The van der Waals surface area contributed by atoms with Crippen LogP contribution in [0.5, 0.6) is 11.5 Å². The topological polar surface area (TPSA) is 72.8 Å². The zero-order chi connectivity index (χ0) is 17.7. The van der Waals surface area contributed by atoms with Crippen molar-refractivity contribution in [2.45, 2.75) is 12.8 Å². The van der Waals surface area contributed by atoms with Crippen LogP contribution in [0, 0.1) is 0 Å². The molecule has 126 valence electrons. The maximum atomic E-state index is 12.4. The smallest absolute Gasteiger partial charge is 0.338 e. The fourth-order valence-corrected chi connectivity index (χ4v) is 2.64. The summed E-state index contributed by atoms with van der Waals surface area (Å²) in [5.41, 5.74) is 0.987. The van der Waals surface area contributed by atoms with Gasteiger partial charge in [0.05, 0.1) is 24.8 Å². The number of benzene rings is 2. The van der Waals surface area contributed by atoms with E-state index in [0.717, 1.165) is 0 Å². The molecule has 0 spiro atoms. The van der Waals surface area contributed by atoms with Crippen molar-refractivity contribution in [3.63, 3.8) is 0 Å². The van der Waals surface area contributed by atoms with Gasteiger partial charge >= 0.3 is 5.97 Å². The number of phenolic OH excluding ortho intramolecular Hbond substituents is 1. The first kappa shape index (κ1) is 17.8. The van der Waals surface area contributed by atoms with Crippen LogP contribution in [0.15, 0.2) is 36.4 Å². The summed E-state index contributed by atoms with van der Waals surface area (Å²) < 4.78 is 9.75. The number of carbonyl (C=O) groups is 2. The van der Waals surface area contributed by atoms with Gasteiger partial charge in [-0.05, 0) is 36.8 Å². The van der Waals surface area contributed by atoms with Gasteiger partial charge in [-0.25, -0.2) is 4.79 Å². The molecule has 0 aliphatic rings. The number of aromatic hydroxyl groups is 1. The summed E-state index contributed by atoms with van der Waals surface area (Å²) in [5, 5.41) is 10.3. The highest BCUT2D eigenvalue weighted by Gasteiger charge is 2.18. The second kappa shape index (κ2) is 7.84. The average Bonchev–Trinajstić information content (AvgIpc) is 2.59. The third-order valence-corrected chi connectivity index (χ3v) is 3.95. The number of Topliss-reactive ketones (excluding diaryl/α,β-unsaturated/α-hetero) is 1. The van der Waals surface area contributed by atoms with Gasteiger partial charge in [-0.15, -0.1) is 0 Å². The number of hydrogen-bond acceptors (Lipinski definition) is 5. The summed E-state index contributed by atoms with van der Waals surface area (Å²) in [4.78, 5) is 24.1. The number of halogens is 1. The van der Waals surface area contributed by atoms with Crippen molar-refractivity contribution in [1.29, 1.82) is 0 Å². The fraction of sp³-hybridized carbons (Fsp3) is 0.222. The number of rotatable bonds is 6. The number of hydrogen-bond donors (Lipinski definition) is 1. The van der Waals surface area contributed by atoms with Crippen LogP contribution in [-0.2, 0) is 11.2 Å². The van der Waals surface area contributed by atoms with E-state index in [1.54, 1.807) is 30.3 Å². The lowest BCUT2D eigenvalue weighted by molar-refractivity contribution is 0.0598. The van der Waals surface area contributed by atoms with E-state index in [9.17, 15) is 14.7 Å². The molecule has 0 radical (unpaired) electrons. The highest BCUT2D eigenvalue weighted by Crippen LogP contribution is 2.27. The Balaban J connectivity index is 2.19. The molecule has 0 aromatic heterocycles. The first-order valence-corrected chi connectivity index (χ1v) is 7.61. The van der Waals surface area contributed by atoms with Crippen LogP contribution in [0.25, 0.3) is 0 Å². The molecular weight excluding hydrogens is 332 g/mol. The predicted molar refractivity (Wildman–Crippen MR) is 90.1 cm³/mol. The van der Waals surface area contributed by atoms with Gasteiger partial charge in [0.2, 0.25) is 0 Å². The highest BCUT2D eigenvalue weighted by atomic mass is 35.5. The number of esters is 1. The Morgan fingerprint density at radius 3 is 2.50 bits per heavy atom. The van der Waals surface area contributed by atoms with Gasteiger partial charge in [0.1, 0.15) is 11.5 Å². The molecule has 0 atom stereocenters. The van der Waals surface area contributed by atoms with Crippen molar-refractivity contribution in [3.05, 3.63) is 58.1 Å². The molecule has 0 fully saturated rings. The molecule has 0 aliphatic heterocycles. The van der Waals surface area contributed by atoms with E-state index in [-0.39, 0.29) is 29.9 Å². The van der Waals surface area contributed by atoms with Crippen molar-refractivity contribution in [2.24, 2.45) is 0 Å². The second-order valence-corrected chi connectivity index (χ2v) is 5.47. The summed E-state index contributed by atoms with van der Waals surface area (Å²) in [6.07, 6.45) is 0.284. The molecule has 1 N–H and O–H groups in total. The minimum Gasteiger partial charge on any atom is -0.508 e. The van der Waals surface area contributed by atoms with Gasteiger partial charge in [0.15, 0.2) is 5.78 Å². The number of ketones is 1. The molecule has 0 unspecified atom stereocenters. The highest BCUT2D eigenvalue weighted by molar-refractivity contribution is 6.34. The third-order valence-electron chi connectivity index (χ3n) is 3.64. The van der Waals surface area contributed by atoms with E-state index in [1.807, 2.05) is 0 Å². The van der Waals surface area contributed by atoms with Crippen LogP contribution in [-0.4, -0.2) is 31.1 Å². The van der Waals surface area contributed by atoms with Crippen molar-refractivity contribution >= 4 is 23.4 Å². The molecule has 0 saturated carbocycles. The van der Waals surface area contributed by atoms with Crippen molar-refractivity contribution < 1.29 is 24.2 Å². The minimum atomic E-state index is -0.559. The molecule has 0 amide bonds. The van der Waals surface area contributed by atoms with Gasteiger partial charge in [0.25, 0.3) is 0 Å². The molecule has 24 heavy (non-hydrogen) atoms. The Labute approximate surface area is 144 Å². The van der Waals surface area contributed by atoms with E-state index < -0.39 is 5.97 Å². The van der Waals surface area contributed by atoms with E-state index in [2.05, 4.69) is 0 Å². The van der Waals surface area contributed by atoms with Crippen molar-refractivity contribution in [1.82, 2.24) is 0 Å². The van der Waals surface area contributed by atoms with Crippen molar-refractivity contribution in [3.8, 4) is 11.5 Å². The molecule has 0 heterocycles. The third kappa shape index (κ3) is 3.86. The lowest BCUT2D eigenvalue weighted by atomic mass is 9.98. The quantitative estimate of drug-likeness (QED) is 0.637. The van der Waals surface area contributed by atoms with Gasteiger partial charge in [0, 0.05) is 17.5 Å². The Hall–Kier alpha value is -2.53. The number of methoxy groups -OCH3 is 2. The number of carbonyl (C=O) groups excluding carboxylic acids is 2. The molecule has 0 bridgehead atoms. The number of phenols is 1. The van der Waals surface area contributed by atoms with Crippen LogP contribution in [0.3, 0.4) is 0 Å². The molecule has 0 aliphatic carbocycles. The molecule has 6 heteroatoms. The van der Waals surface area contributed by atoms with Gasteiger partial charge in [-0.1, -0.05) is 17.7 Å². The standard InChI is InChI=1S/C18H17ClO5/c1-23-11-6-7-14(15(19)10-11)17(21)9-8-12-13(18(22)24-2)4-3-5-16(12)20/h3-7,10,20H,8-9H2,1-2H3. The second-order valence-electron chi connectivity index (χ2n) is 5.06. The Morgan fingerprint density at radius 1 is 1.12 bits per heavy atom. The van der Waals surface area contributed by atoms with Gasteiger partial charge < -0.3 is 14.6 Å². The molecule has 2 rings (SSSR count). The Morgan fingerprint density at radius 2 is 1.88 bits per heavy atom. The summed E-state index contributed by atoms with van der Waals surface area (Å²) in [6, 6.07) is 9.37. The zero-order valence-corrected chi connectivity index (χ0v) is 14.1. The van der Waals surface area contributed by atoms with E-state index in [1.165, 1.54) is 20.3 Å². The summed E-state index contributed by atoms with van der Waals surface area (Å²) in [7, 11) is 2.78. The Bertz CT molecular complexity index is 770. The normalized spacial score (nSPS) is 10.3. The Kier molecular flexibility index (Phi) is 5.82. The van der Waals surface area contributed by atoms with Crippen LogP contribution in [0.2, 0.25) is 5.02 Å². The lowest BCUT2D eigenvalue weighted by Crippen LogP contribution is -2.08. The molecule has 5 nitrogen and oxygen atoms in total.